The molecule has 0 amide bonds. The topological polar surface area (TPSA) is 57.6 Å². The highest BCUT2D eigenvalue weighted by Crippen LogP contribution is 2.26. The number of nitrogens with zero attached hydrogens (tertiary/aromatic N) is 1. The van der Waals surface area contributed by atoms with Crippen molar-refractivity contribution >= 4 is 10.0 Å². The SMILES string of the molecule is Cc1ccc(S(=O)(=O)N2CCCC(C)(O)C2)cc1. The normalized spacial score (nSPS) is 26.2. The number of hydrogen-bond acceptors (Lipinski definition) is 3. The van der Waals surface area contributed by atoms with Gasteiger partial charge in [0.15, 0.2) is 0 Å². The number of β-amino-alcohol motifs (C(OH)–C–C–N with tert-alkyl or cyclic N) is 1. The molecule has 0 spiro atoms. The minimum atomic E-state index is -3.48. The lowest BCUT2D eigenvalue weighted by molar-refractivity contribution is 0.00940. The van der Waals surface area contributed by atoms with Crippen LogP contribution in [0.15, 0.2) is 29.2 Å². The minimum Gasteiger partial charge on any atom is -0.389 e. The van der Waals surface area contributed by atoms with Crippen molar-refractivity contribution in [3.05, 3.63) is 29.8 Å². The highest BCUT2D eigenvalue weighted by molar-refractivity contribution is 7.89. The molecule has 0 aromatic heterocycles. The molecule has 2 rings (SSSR count). The van der Waals surface area contributed by atoms with Gasteiger partial charge in [-0.05, 0) is 38.8 Å². The number of hydrogen-bond donors (Lipinski definition) is 1. The van der Waals surface area contributed by atoms with Gasteiger partial charge in [-0.15, -0.1) is 0 Å². The third-order valence-corrected chi connectivity index (χ3v) is 5.16. The molecule has 5 heteroatoms. The zero-order valence-electron chi connectivity index (χ0n) is 10.8. The molecule has 18 heavy (non-hydrogen) atoms. The van der Waals surface area contributed by atoms with Gasteiger partial charge in [0.2, 0.25) is 10.0 Å². The molecule has 1 aromatic rings. The van der Waals surface area contributed by atoms with Crippen LogP contribution in [0.4, 0.5) is 0 Å². The summed E-state index contributed by atoms with van der Waals surface area (Å²) in [7, 11) is -3.48. The molecule has 1 N–H and O–H groups in total. The van der Waals surface area contributed by atoms with Crippen LogP contribution in [0.2, 0.25) is 0 Å². The van der Waals surface area contributed by atoms with Crippen LogP contribution >= 0.6 is 0 Å². The van der Waals surface area contributed by atoms with Crippen LogP contribution in [-0.2, 0) is 10.0 Å². The van der Waals surface area contributed by atoms with E-state index in [0.717, 1.165) is 5.56 Å². The Kier molecular flexibility index (Phi) is 3.49. The van der Waals surface area contributed by atoms with Crippen molar-refractivity contribution in [2.45, 2.75) is 37.2 Å². The summed E-state index contributed by atoms with van der Waals surface area (Å²) < 4.78 is 26.2. The third-order valence-electron chi connectivity index (χ3n) is 3.30. The van der Waals surface area contributed by atoms with Crippen molar-refractivity contribution in [3.63, 3.8) is 0 Å². The van der Waals surface area contributed by atoms with Gasteiger partial charge in [-0.3, -0.25) is 0 Å². The molecule has 0 bridgehead atoms. The number of benzene rings is 1. The zero-order chi connectivity index (χ0) is 13.4. The summed E-state index contributed by atoms with van der Waals surface area (Å²) in [5, 5.41) is 9.99. The number of piperidine rings is 1. The van der Waals surface area contributed by atoms with E-state index >= 15 is 0 Å². The predicted molar refractivity (Wildman–Crippen MR) is 69.8 cm³/mol. The number of aryl methyl sites for hydroxylation is 1. The third kappa shape index (κ3) is 2.74. The molecule has 1 unspecified atom stereocenters. The summed E-state index contributed by atoms with van der Waals surface area (Å²) in [4.78, 5) is 0.297. The fourth-order valence-corrected chi connectivity index (χ4v) is 3.83. The van der Waals surface area contributed by atoms with E-state index < -0.39 is 15.6 Å². The molecule has 0 radical (unpaired) electrons. The summed E-state index contributed by atoms with van der Waals surface area (Å²) in [6.45, 7) is 4.25. The van der Waals surface area contributed by atoms with E-state index in [-0.39, 0.29) is 6.54 Å². The Balaban J connectivity index is 2.28. The fourth-order valence-electron chi connectivity index (χ4n) is 2.24. The maximum atomic E-state index is 12.4. The first-order chi connectivity index (χ1) is 8.31. The average molecular weight is 269 g/mol. The van der Waals surface area contributed by atoms with Gasteiger partial charge < -0.3 is 5.11 Å². The second kappa shape index (κ2) is 4.64. The van der Waals surface area contributed by atoms with Crippen molar-refractivity contribution in [2.75, 3.05) is 13.1 Å². The van der Waals surface area contributed by atoms with Crippen LogP contribution in [0.3, 0.4) is 0 Å². The monoisotopic (exact) mass is 269 g/mol. The second-order valence-corrected chi connectivity index (χ2v) is 7.19. The number of sulfonamides is 1. The Labute approximate surface area is 108 Å². The van der Waals surface area contributed by atoms with Gasteiger partial charge >= 0.3 is 0 Å². The van der Waals surface area contributed by atoms with Crippen LogP contribution < -0.4 is 0 Å². The van der Waals surface area contributed by atoms with Gasteiger partial charge in [-0.2, -0.15) is 4.31 Å². The quantitative estimate of drug-likeness (QED) is 0.886. The van der Waals surface area contributed by atoms with E-state index in [1.54, 1.807) is 31.2 Å². The maximum Gasteiger partial charge on any atom is 0.243 e. The van der Waals surface area contributed by atoms with Crippen molar-refractivity contribution in [1.29, 1.82) is 0 Å². The molecule has 1 aliphatic heterocycles. The summed E-state index contributed by atoms with van der Waals surface area (Å²) in [5.41, 5.74) is 0.107. The van der Waals surface area contributed by atoms with Gasteiger partial charge in [-0.1, -0.05) is 17.7 Å². The lowest BCUT2D eigenvalue weighted by atomic mass is 9.97. The molecule has 0 saturated carbocycles. The maximum absolute atomic E-state index is 12.4. The van der Waals surface area contributed by atoms with Gasteiger partial charge in [0.1, 0.15) is 0 Å². The van der Waals surface area contributed by atoms with Crippen molar-refractivity contribution < 1.29 is 13.5 Å². The first-order valence-electron chi connectivity index (χ1n) is 6.10. The first kappa shape index (κ1) is 13.5. The first-order valence-corrected chi connectivity index (χ1v) is 7.54. The molecule has 1 saturated heterocycles. The van der Waals surface area contributed by atoms with E-state index in [1.807, 2.05) is 6.92 Å². The Hall–Kier alpha value is -0.910. The Morgan fingerprint density at radius 2 is 1.89 bits per heavy atom. The van der Waals surface area contributed by atoms with E-state index in [0.29, 0.717) is 24.3 Å². The zero-order valence-corrected chi connectivity index (χ0v) is 11.6. The smallest absolute Gasteiger partial charge is 0.243 e. The Bertz CT molecular complexity index is 520. The number of rotatable bonds is 2. The number of aliphatic hydroxyl groups is 1. The lowest BCUT2D eigenvalue weighted by Gasteiger charge is -2.35. The van der Waals surface area contributed by atoms with Gasteiger partial charge in [0.25, 0.3) is 0 Å². The van der Waals surface area contributed by atoms with E-state index in [1.165, 1.54) is 4.31 Å². The van der Waals surface area contributed by atoms with Crippen molar-refractivity contribution in [3.8, 4) is 0 Å². The largest absolute Gasteiger partial charge is 0.389 e. The summed E-state index contributed by atoms with van der Waals surface area (Å²) in [6.07, 6.45) is 1.34. The Morgan fingerprint density at radius 3 is 2.44 bits per heavy atom. The molecular weight excluding hydrogens is 250 g/mol. The highest BCUT2D eigenvalue weighted by atomic mass is 32.2. The molecule has 0 aliphatic carbocycles. The molecule has 1 aliphatic rings. The molecule has 4 nitrogen and oxygen atoms in total. The second-order valence-electron chi connectivity index (χ2n) is 5.25. The standard InChI is InChI=1S/C13H19NO3S/c1-11-4-6-12(7-5-11)18(16,17)14-9-3-8-13(2,15)10-14/h4-7,15H,3,8-10H2,1-2H3. The van der Waals surface area contributed by atoms with Crippen LogP contribution in [-0.4, -0.2) is 36.5 Å². The van der Waals surface area contributed by atoms with Gasteiger partial charge in [0.05, 0.1) is 10.5 Å². The average Bonchev–Trinajstić information content (AvgIpc) is 2.28. The Morgan fingerprint density at radius 1 is 1.28 bits per heavy atom. The molecular formula is C13H19NO3S. The molecule has 1 aromatic carbocycles. The summed E-state index contributed by atoms with van der Waals surface area (Å²) in [5.74, 6) is 0. The summed E-state index contributed by atoms with van der Waals surface area (Å²) in [6, 6.07) is 6.81. The van der Waals surface area contributed by atoms with Crippen LogP contribution in [0.5, 0.6) is 0 Å². The van der Waals surface area contributed by atoms with Crippen molar-refractivity contribution in [1.82, 2.24) is 4.31 Å². The van der Waals surface area contributed by atoms with Gasteiger partial charge in [0, 0.05) is 13.1 Å². The lowest BCUT2D eigenvalue weighted by Crippen LogP contribution is -2.48. The van der Waals surface area contributed by atoms with Crippen LogP contribution in [0, 0.1) is 6.92 Å². The van der Waals surface area contributed by atoms with Gasteiger partial charge in [-0.25, -0.2) is 8.42 Å². The van der Waals surface area contributed by atoms with Crippen LogP contribution in [0.1, 0.15) is 25.3 Å². The summed E-state index contributed by atoms with van der Waals surface area (Å²) >= 11 is 0. The highest BCUT2D eigenvalue weighted by Gasteiger charge is 2.35. The predicted octanol–water partition coefficient (Wildman–Crippen LogP) is 1.53. The molecule has 1 heterocycles. The van der Waals surface area contributed by atoms with E-state index in [4.69, 9.17) is 0 Å². The molecule has 1 atom stereocenters. The van der Waals surface area contributed by atoms with E-state index in [9.17, 15) is 13.5 Å². The van der Waals surface area contributed by atoms with Crippen LogP contribution in [0.25, 0.3) is 0 Å². The molecule has 100 valence electrons. The molecule has 1 fully saturated rings. The minimum absolute atomic E-state index is 0.170. The van der Waals surface area contributed by atoms with E-state index in [2.05, 4.69) is 0 Å². The van der Waals surface area contributed by atoms with Crippen molar-refractivity contribution in [2.24, 2.45) is 0 Å². The fraction of sp³-hybridized carbons (Fsp3) is 0.538.